The summed E-state index contributed by atoms with van der Waals surface area (Å²) in [4.78, 5) is 0. The molecule has 1 aromatic rings. The van der Waals surface area contributed by atoms with Gasteiger partial charge in [-0.3, -0.25) is 0 Å². The van der Waals surface area contributed by atoms with Crippen molar-refractivity contribution in [2.24, 2.45) is 0 Å². The van der Waals surface area contributed by atoms with Gasteiger partial charge in [-0.1, -0.05) is 12.1 Å². The first-order valence-electron chi connectivity index (χ1n) is 4.06. The number of para-hydroxylation sites is 1. The summed E-state index contributed by atoms with van der Waals surface area (Å²) in [5.41, 5.74) is 0.962. The third kappa shape index (κ3) is 1.91. The lowest BCUT2D eigenvalue weighted by atomic mass is 10.2. The van der Waals surface area contributed by atoms with E-state index in [2.05, 4.69) is 0 Å². The van der Waals surface area contributed by atoms with Gasteiger partial charge in [0.2, 0.25) is 0 Å². The summed E-state index contributed by atoms with van der Waals surface area (Å²) < 4.78 is 5.43. The minimum Gasteiger partial charge on any atom is -0.504 e. The van der Waals surface area contributed by atoms with Crippen LogP contribution in [0.1, 0.15) is 19.4 Å². The Hall–Kier alpha value is -1.18. The van der Waals surface area contributed by atoms with Crippen molar-refractivity contribution in [3.8, 4) is 11.5 Å². The molecule has 2 heteroatoms. The smallest absolute Gasteiger partial charge is 0.164 e. The molecule has 1 rings (SSSR count). The van der Waals surface area contributed by atoms with E-state index < -0.39 is 0 Å². The highest BCUT2D eigenvalue weighted by molar-refractivity contribution is 5.44. The zero-order valence-corrected chi connectivity index (χ0v) is 7.66. The van der Waals surface area contributed by atoms with Crippen molar-refractivity contribution in [1.82, 2.24) is 0 Å². The SMILES string of the molecule is Cc1cccc(O)c1OC(C)C. The first-order valence-corrected chi connectivity index (χ1v) is 4.06. The van der Waals surface area contributed by atoms with Gasteiger partial charge < -0.3 is 9.84 Å². The van der Waals surface area contributed by atoms with Gasteiger partial charge >= 0.3 is 0 Å². The second kappa shape index (κ2) is 3.48. The molecule has 0 aliphatic rings. The summed E-state index contributed by atoms with van der Waals surface area (Å²) in [6.07, 6.45) is 0.0944. The van der Waals surface area contributed by atoms with Crippen LogP contribution >= 0.6 is 0 Å². The van der Waals surface area contributed by atoms with E-state index in [1.807, 2.05) is 26.8 Å². The summed E-state index contributed by atoms with van der Waals surface area (Å²) in [6, 6.07) is 5.35. The van der Waals surface area contributed by atoms with Gasteiger partial charge in [-0.15, -0.1) is 0 Å². The van der Waals surface area contributed by atoms with Crippen LogP contribution in [0, 0.1) is 6.92 Å². The van der Waals surface area contributed by atoms with Gasteiger partial charge in [-0.05, 0) is 32.4 Å². The lowest BCUT2D eigenvalue weighted by molar-refractivity contribution is 0.230. The lowest BCUT2D eigenvalue weighted by Gasteiger charge is -2.13. The predicted octanol–water partition coefficient (Wildman–Crippen LogP) is 2.49. The van der Waals surface area contributed by atoms with E-state index >= 15 is 0 Å². The molecule has 0 amide bonds. The zero-order chi connectivity index (χ0) is 9.14. The standard InChI is InChI=1S/C10H14O2/c1-7(2)12-10-8(3)5-4-6-9(10)11/h4-7,11H,1-3H3. The van der Waals surface area contributed by atoms with Gasteiger partial charge in [0.05, 0.1) is 6.10 Å². The number of aryl methyl sites for hydroxylation is 1. The summed E-state index contributed by atoms with van der Waals surface area (Å²) >= 11 is 0. The van der Waals surface area contributed by atoms with Crippen LogP contribution in [0.2, 0.25) is 0 Å². The van der Waals surface area contributed by atoms with Gasteiger partial charge in [0.15, 0.2) is 11.5 Å². The Balaban J connectivity index is 2.96. The normalized spacial score (nSPS) is 10.3. The summed E-state index contributed by atoms with van der Waals surface area (Å²) in [7, 11) is 0. The molecule has 2 nitrogen and oxygen atoms in total. The van der Waals surface area contributed by atoms with Gasteiger partial charge in [0, 0.05) is 0 Å². The summed E-state index contributed by atoms with van der Waals surface area (Å²) in [5, 5.41) is 9.42. The molecule has 0 aliphatic heterocycles. The highest BCUT2D eigenvalue weighted by Gasteiger charge is 2.06. The fraction of sp³-hybridized carbons (Fsp3) is 0.400. The van der Waals surface area contributed by atoms with Gasteiger partial charge in [-0.25, -0.2) is 0 Å². The molecule has 0 saturated carbocycles. The minimum absolute atomic E-state index is 0.0944. The van der Waals surface area contributed by atoms with Crippen LogP contribution in [-0.2, 0) is 0 Å². The van der Waals surface area contributed by atoms with Crippen molar-refractivity contribution in [3.63, 3.8) is 0 Å². The number of phenolic OH excluding ortho intramolecular Hbond substituents is 1. The monoisotopic (exact) mass is 166 g/mol. The molecule has 0 aliphatic carbocycles. The Morgan fingerprint density at radius 2 is 2.00 bits per heavy atom. The molecule has 1 N–H and O–H groups in total. The molecule has 0 atom stereocenters. The van der Waals surface area contributed by atoms with Crippen molar-refractivity contribution >= 4 is 0 Å². The largest absolute Gasteiger partial charge is 0.504 e. The Bertz CT molecular complexity index is 246. The van der Waals surface area contributed by atoms with Crippen LogP contribution in [0.25, 0.3) is 0 Å². The predicted molar refractivity (Wildman–Crippen MR) is 48.6 cm³/mol. The summed E-state index contributed by atoms with van der Waals surface area (Å²) in [6.45, 7) is 5.79. The van der Waals surface area contributed by atoms with Crippen LogP contribution in [0.5, 0.6) is 11.5 Å². The first kappa shape index (κ1) is 8.91. The highest BCUT2D eigenvalue weighted by Crippen LogP contribution is 2.29. The number of aromatic hydroxyl groups is 1. The lowest BCUT2D eigenvalue weighted by Crippen LogP contribution is -2.06. The molecule has 66 valence electrons. The number of phenols is 1. The molecule has 1 aromatic carbocycles. The highest BCUT2D eigenvalue weighted by atomic mass is 16.5. The molecule has 0 unspecified atom stereocenters. The van der Waals surface area contributed by atoms with Crippen molar-refractivity contribution in [2.45, 2.75) is 26.9 Å². The third-order valence-corrected chi connectivity index (χ3v) is 1.54. The molecule has 0 saturated heterocycles. The van der Waals surface area contributed by atoms with Gasteiger partial charge in [0.1, 0.15) is 0 Å². The van der Waals surface area contributed by atoms with E-state index in [4.69, 9.17) is 4.74 Å². The number of hydrogen-bond acceptors (Lipinski definition) is 2. The average Bonchev–Trinajstić information content (AvgIpc) is 1.97. The maximum Gasteiger partial charge on any atom is 0.164 e. The Morgan fingerprint density at radius 1 is 1.33 bits per heavy atom. The quantitative estimate of drug-likeness (QED) is 0.731. The first-order chi connectivity index (χ1) is 5.61. The molecule has 0 fully saturated rings. The van der Waals surface area contributed by atoms with Crippen LogP contribution in [0.4, 0.5) is 0 Å². The molecular formula is C10H14O2. The number of benzene rings is 1. The number of rotatable bonds is 2. The van der Waals surface area contributed by atoms with E-state index in [1.165, 1.54) is 0 Å². The van der Waals surface area contributed by atoms with E-state index in [9.17, 15) is 5.11 Å². The van der Waals surface area contributed by atoms with Crippen LogP contribution in [0.15, 0.2) is 18.2 Å². The van der Waals surface area contributed by atoms with Crippen LogP contribution in [-0.4, -0.2) is 11.2 Å². The molecule has 12 heavy (non-hydrogen) atoms. The Labute approximate surface area is 72.8 Å². The maximum atomic E-state index is 9.42. The van der Waals surface area contributed by atoms with Crippen molar-refractivity contribution in [1.29, 1.82) is 0 Å². The van der Waals surface area contributed by atoms with Gasteiger partial charge in [0.25, 0.3) is 0 Å². The Kier molecular flexibility index (Phi) is 2.58. The summed E-state index contributed by atoms with van der Waals surface area (Å²) in [5.74, 6) is 0.802. The molecule has 0 aromatic heterocycles. The third-order valence-electron chi connectivity index (χ3n) is 1.54. The van der Waals surface area contributed by atoms with E-state index in [-0.39, 0.29) is 11.9 Å². The van der Waals surface area contributed by atoms with Crippen molar-refractivity contribution in [2.75, 3.05) is 0 Å². The second-order valence-corrected chi connectivity index (χ2v) is 3.09. The second-order valence-electron chi connectivity index (χ2n) is 3.09. The molecule has 0 spiro atoms. The number of ether oxygens (including phenoxy) is 1. The van der Waals surface area contributed by atoms with Crippen LogP contribution in [0.3, 0.4) is 0 Å². The van der Waals surface area contributed by atoms with Crippen molar-refractivity contribution in [3.05, 3.63) is 23.8 Å². The Morgan fingerprint density at radius 3 is 2.50 bits per heavy atom. The topological polar surface area (TPSA) is 29.5 Å². The van der Waals surface area contributed by atoms with E-state index in [0.29, 0.717) is 5.75 Å². The van der Waals surface area contributed by atoms with E-state index in [0.717, 1.165) is 5.56 Å². The molecule has 0 bridgehead atoms. The minimum atomic E-state index is 0.0944. The van der Waals surface area contributed by atoms with E-state index in [1.54, 1.807) is 12.1 Å². The van der Waals surface area contributed by atoms with Crippen LogP contribution < -0.4 is 4.74 Å². The molecule has 0 heterocycles. The zero-order valence-electron chi connectivity index (χ0n) is 7.66. The molecule has 0 radical (unpaired) electrons. The van der Waals surface area contributed by atoms with Crippen molar-refractivity contribution < 1.29 is 9.84 Å². The maximum absolute atomic E-state index is 9.42. The number of hydrogen-bond donors (Lipinski definition) is 1. The van der Waals surface area contributed by atoms with Gasteiger partial charge in [-0.2, -0.15) is 0 Å². The fourth-order valence-electron chi connectivity index (χ4n) is 1.03. The average molecular weight is 166 g/mol. The molecular weight excluding hydrogens is 152 g/mol. The fourth-order valence-corrected chi connectivity index (χ4v) is 1.03.